The van der Waals surface area contributed by atoms with Crippen LogP contribution in [0.3, 0.4) is 0 Å². The SMILES string of the molecule is Cc1ccccc1-c1cc(CN2CCC[C@@H]2COCC2CCCCC2)ccc1C(=O)N[C@@H](CCS(C)(=O)=O)C(=O)O. The van der Waals surface area contributed by atoms with Crippen LogP contribution in [0, 0.1) is 12.8 Å². The predicted octanol–water partition coefficient (Wildman–Crippen LogP) is 4.84. The Kier molecular flexibility index (Phi) is 11.0. The Morgan fingerprint density at radius 3 is 2.49 bits per heavy atom. The number of ether oxygens (including phenoxy) is 1. The smallest absolute Gasteiger partial charge is 0.326 e. The molecule has 1 amide bonds. The second-order valence-electron chi connectivity index (χ2n) is 11.8. The Hall–Kier alpha value is -2.75. The maximum atomic E-state index is 13.4. The van der Waals surface area contributed by atoms with Crippen LogP contribution in [0.5, 0.6) is 0 Å². The van der Waals surface area contributed by atoms with E-state index in [9.17, 15) is 23.1 Å². The Morgan fingerprint density at radius 1 is 1.02 bits per heavy atom. The Labute approximate surface area is 244 Å². The van der Waals surface area contributed by atoms with Gasteiger partial charge in [-0.05, 0) is 85.9 Å². The number of nitrogens with zero attached hydrogens (tertiary/aromatic N) is 1. The van der Waals surface area contributed by atoms with Crippen LogP contribution in [0.15, 0.2) is 42.5 Å². The topological polar surface area (TPSA) is 113 Å². The van der Waals surface area contributed by atoms with Gasteiger partial charge in [0.15, 0.2) is 0 Å². The molecule has 0 radical (unpaired) electrons. The molecule has 2 aliphatic rings. The minimum absolute atomic E-state index is 0.198. The number of carbonyl (C=O) groups is 2. The molecule has 0 aromatic heterocycles. The third-order valence-electron chi connectivity index (χ3n) is 8.42. The van der Waals surface area contributed by atoms with Crippen LogP contribution in [0.2, 0.25) is 0 Å². The fraction of sp³-hybridized carbons (Fsp3) is 0.562. The number of benzene rings is 2. The molecule has 1 saturated heterocycles. The van der Waals surface area contributed by atoms with E-state index < -0.39 is 27.8 Å². The van der Waals surface area contributed by atoms with Crippen LogP contribution in [0.25, 0.3) is 11.1 Å². The molecule has 8 nitrogen and oxygen atoms in total. The molecule has 224 valence electrons. The summed E-state index contributed by atoms with van der Waals surface area (Å²) < 4.78 is 29.4. The van der Waals surface area contributed by atoms with Gasteiger partial charge in [-0.3, -0.25) is 9.69 Å². The van der Waals surface area contributed by atoms with Gasteiger partial charge in [0, 0.05) is 31.0 Å². The van der Waals surface area contributed by atoms with E-state index in [1.807, 2.05) is 43.3 Å². The van der Waals surface area contributed by atoms with Crippen molar-refractivity contribution in [3.05, 3.63) is 59.2 Å². The maximum absolute atomic E-state index is 13.4. The lowest BCUT2D eigenvalue weighted by atomic mass is 9.90. The van der Waals surface area contributed by atoms with Crippen LogP contribution in [-0.4, -0.2) is 74.2 Å². The molecule has 1 heterocycles. The van der Waals surface area contributed by atoms with E-state index in [2.05, 4.69) is 10.2 Å². The van der Waals surface area contributed by atoms with Crippen LogP contribution in [0.4, 0.5) is 0 Å². The molecule has 0 unspecified atom stereocenters. The van der Waals surface area contributed by atoms with Gasteiger partial charge < -0.3 is 15.2 Å². The lowest BCUT2D eigenvalue weighted by Crippen LogP contribution is -2.42. The number of sulfone groups is 1. The minimum Gasteiger partial charge on any atom is -0.480 e. The van der Waals surface area contributed by atoms with Crippen LogP contribution < -0.4 is 5.32 Å². The zero-order valence-electron chi connectivity index (χ0n) is 24.3. The number of carboxylic acid groups (broad SMARTS) is 1. The van der Waals surface area contributed by atoms with Crippen molar-refractivity contribution in [1.29, 1.82) is 0 Å². The summed E-state index contributed by atoms with van der Waals surface area (Å²) in [6, 6.07) is 12.6. The molecule has 2 N–H and O–H groups in total. The molecule has 1 saturated carbocycles. The number of rotatable bonds is 13. The third-order valence-corrected chi connectivity index (χ3v) is 9.40. The summed E-state index contributed by atoms with van der Waals surface area (Å²) in [6.45, 7) is 5.32. The molecular weight excluding hydrogens is 540 g/mol. The molecule has 2 atom stereocenters. The molecule has 2 aromatic carbocycles. The largest absolute Gasteiger partial charge is 0.480 e. The third kappa shape index (κ3) is 9.12. The van der Waals surface area contributed by atoms with E-state index in [1.54, 1.807) is 6.07 Å². The average molecular weight is 585 g/mol. The highest BCUT2D eigenvalue weighted by Crippen LogP contribution is 2.30. The molecule has 0 bridgehead atoms. The predicted molar refractivity (Wildman–Crippen MR) is 161 cm³/mol. The summed E-state index contributed by atoms with van der Waals surface area (Å²) in [5.74, 6) is -1.43. The van der Waals surface area contributed by atoms with Crippen LogP contribution in [0.1, 0.15) is 72.9 Å². The zero-order valence-corrected chi connectivity index (χ0v) is 25.1. The van der Waals surface area contributed by atoms with Crippen molar-refractivity contribution in [2.75, 3.05) is 31.8 Å². The molecule has 9 heteroatoms. The summed E-state index contributed by atoms with van der Waals surface area (Å²) in [4.78, 5) is 27.7. The van der Waals surface area contributed by atoms with Crippen molar-refractivity contribution in [2.45, 2.75) is 76.9 Å². The Balaban J connectivity index is 1.50. The fourth-order valence-electron chi connectivity index (χ4n) is 6.06. The van der Waals surface area contributed by atoms with Crippen molar-refractivity contribution < 1.29 is 27.9 Å². The van der Waals surface area contributed by atoms with Gasteiger partial charge in [0.25, 0.3) is 5.91 Å². The van der Waals surface area contributed by atoms with Crippen molar-refractivity contribution in [3.8, 4) is 11.1 Å². The number of carboxylic acids is 1. The van der Waals surface area contributed by atoms with Gasteiger partial charge in [-0.15, -0.1) is 0 Å². The van der Waals surface area contributed by atoms with Gasteiger partial charge in [0.1, 0.15) is 15.9 Å². The van der Waals surface area contributed by atoms with Gasteiger partial charge in [-0.1, -0.05) is 49.6 Å². The number of hydrogen-bond acceptors (Lipinski definition) is 6. The molecular formula is C32H44N2O6S. The van der Waals surface area contributed by atoms with Gasteiger partial charge in [-0.25, -0.2) is 13.2 Å². The number of nitrogens with one attached hydrogen (secondary N) is 1. The minimum atomic E-state index is -3.37. The Morgan fingerprint density at radius 2 is 1.78 bits per heavy atom. The normalized spacial score (nSPS) is 19.2. The van der Waals surface area contributed by atoms with Gasteiger partial charge >= 0.3 is 5.97 Å². The van der Waals surface area contributed by atoms with Gasteiger partial charge in [0.05, 0.1) is 12.4 Å². The first-order valence-corrected chi connectivity index (χ1v) is 16.9. The fourth-order valence-corrected chi connectivity index (χ4v) is 6.73. The molecule has 2 aromatic rings. The monoisotopic (exact) mass is 584 g/mol. The van der Waals surface area contributed by atoms with Crippen LogP contribution in [-0.2, 0) is 25.9 Å². The van der Waals surface area contributed by atoms with E-state index in [4.69, 9.17) is 4.74 Å². The van der Waals surface area contributed by atoms with Crippen LogP contribution >= 0.6 is 0 Å². The maximum Gasteiger partial charge on any atom is 0.326 e. The van der Waals surface area contributed by atoms with Gasteiger partial charge in [0.2, 0.25) is 0 Å². The average Bonchev–Trinajstić information content (AvgIpc) is 3.37. The number of hydrogen-bond donors (Lipinski definition) is 2. The summed E-state index contributed by atoms with van der Waals surface area (Å²) in [7, 11) is -3.37. The van der Waals surface area contributed by atoms with E-state index in [0.29, 0.717) is 17.5 Å². The summed E-state index contributed by atoms with van der Waals surface area (Å²) in [5, 5.41) is 12.2. The van der Waals surface area contributed by atoms with Crippen molar-refractivity contribution in [3.63, 3.8) is 0 Å². The van der Waals surface area contributed by atoms with E-state index in [0.717, 1.165) is 67.7 Å². The number of amides is 1. The lowest BCUT2D eigenvalue weighted by molar-refractivity contribution is -0.139. The highest BCUT2D eigenvalue weighted by atomic mass is 32.2. The van der Waals surface area contributed by atoms with E-state index >= 15 is 0 Å². The molecule has 41 heavy (non-hydrogen) atoms. The first-order valence-electron chi connectivity index (χ1n) is 14.8. The number of carbonyl (C=O) groups excluding carboxylic acids is 1. The van der Waals surface area contributed by atoms with E-state index in [1.165, 1.54) is 32.1 Å². The summed E-state index contributed by atoms with van der Waals surface area (Å²) in [5.41, 5.74) is 4.07. The number of likely N-dealkylation sites (tertiary alicyclic amines) is 1. The van der Waals surface area contributed by atoms with Gasteiger partial charge in [-0.2, -0.15) is 0 Å². The first-order chi connectivity index (χ1) is 19.6. The number of aliphatic carboxylic acids is 1. The summed E-state index contributed by atoms with van der Waals surface area (Å²) >= 11 is 0. The Bertz CT molecular complexity index is 1310. The standard InChI is InChI=1S/C32H44N2O6S/c1-23-9-6-7-13-27(23)29-19-25(14-15-28(29)31(35)33-30(32(36)37)16-18-41(2,38)39)20-34-17-8-12-26(34)22-40-21-24-10-4-3-5-11-24/h6-7,9,13-15,19,24,26,30H,3-5,8,10-12,16-18,20-22H2,1-2H3,(H,33,35)(H,36,37)/t26-,30+/m1/s1. The highest BCUT2D eigenvalue weighted by molar-refractivity contribution is 7.90. The molecule has 1 aliphatic carbocycles. The molecule has 0 spiro atoms. The lowest BCUT2D eigenvalue weighted by Gasteiger charge is -2.27. The highest BCUT2D eigenvalue weighted by Gasteiger charge is 2.27. The molecule has 1 aliphatic heterocycles. The van der Waals surface area contributed by atoms with Crippen molar-refractivity contribution >= 4 is 21.7 Å². The van der Waals surface area contributed by atoms with Crippen molar-refractivity contribution in [2.24, 2.45) is 5.92 Å². The first kappa shape index (κ1) is 31.2. The second kappa shape index (κ2) is 14.4. The molecule has 4 rings (SSSR count). The summed E-state index contributed by atoms with van der Waals surface area (Å²) in [6.07, 6.45) is 9.64. The molecule has 2 fully saturated rings. The second-order valence-corrected chi connectivity index (χ2v) is 14.0. The zero-order chi connectivity index (χ0) is 29.4. The quantitative estimate of drug-likeness (QED) is 0.346. The van der Waals surface area contributed by atoms with Crippen molar-refractivity contribution in [1.82, 2.24) is 10.2 Å². The number of aryl methyl sites for hydroxylation is 1. The van der Waals surface area contributed by atoms with E-state index in [-0.39, 0.29) is 12.2 Å².